The summed E-state index contributed by atoms with van der Waals surface area (Å²) in [6.45, 7) is 3.14. The van der Waals surface area contributed by atoms with Crippen molar-refractivity contribution in [3.05, 3.63) is 58.6 Å². The lowest BCUT2D eigenvalue weighted by Crippen LogP contribution is -2.49. The van der Waals surface area contributed by atoms with Crippen molar-refractivity contribution in [3.63, 3.8) is 0 Å². The Morgan fingerprint density at radius 3 is 2.50 bits per heavy atom. The van der Waals surface area contributed by atoms with E-state index >= 15 is 0 Å². The summed E-state index contributed by atoms with van der Waals surface area (Å²) in [5.74, 6) is 0.0768. The van der Waals surface area contributed by atoms with Gasteiger partial charge in [-0.05, 0) is 36.4 Å². The van der Waals surface area contributed by atoms with Crippen LogP contribution in [-0.2, 0) is 6.42 Å². The van der Waals surface area contributed by atoms with E-state index in [0.717, 1.165) is 38.3 Å². The maximum Gasteiger partial charge on any atom is 0.253 e. The third kappa shape index (κ3) is 2.78. The Bertz CT molecular complexity index is 793. The van der Waals surface area contributed by atoms with Gasteiger partial charge in [-0.25, -0.2) is 0 Å². The number of piperazine rings is 1. The number of aliphatic imine (C=N–C) groups is 1. The molecule has 2 heterocycles. The van der Waals surface area contributed by atoms with Crippen LogP contribution in [0.1, 0.15) is 15.9 Å². The van der Waals surface area contributed by atoms with Gasteiger partial charge < -0.3 is 9.80 Å². The molecule has 1 saturated heterocycles. The topological polar surface area (TPSA) is 35.9 Å². The minimum atomic E-state index is 0.0768. The molecule has 2 aromatic rings. The summed E-state index contributed by atoms with van der Waals surface area (Å²) in [6.07, 6.45) is 2.86. The first-order valence-electron chi connectivity index (χ1n) is 8.16. The van der Waals surface area contributed by atoms with Crippen molar-refractivity contribution >= 4 is 35.1 Å². The molecule has 1 fully saturated rings. The van der Waals surface area contributed by atoms with Gasteiger partial charge in [0.1, 0.15) is 0 Å². The quantitative estimate of drug-likeness (QED) is 0.838. The molecule has 5 heteroatoms. The van der Waals surface area contributed by atoms with E-state index in [1.165, 1.54) is 11.3 Å². The lowest BCUT2D eigenvalue weighted by atomic mass is 10.1. The second-order valence-electron chi connectivity index (χ2n) is 6.08. The van der Waals surface area contributed by atoms with Gasteiger partial charge in [0, 0.05) is 60.7 Å². The predicted molar refractivity (Wildman–Crippen MR) is 97.9 cm³/mol. The Balaban J connectivity index is 1.45. The van der Waals surface area contributed by atoms with Crippen LogP contribution in [0.4, 0.5) is 11.4 Å². The Hall–Kier alpha value is -2.33. The van der Waals surface area contributed by atoms with Crippen molar-refractivity contribution in [1.82, 2.24) is 4.90 Å². The fraction of sp³-hybridized carbons (Fsp3) is 0.263. The van der Waals surface area contributed by atoms with Crippen molar-refractivity contribution in [2.75, 3.05) is 31.1 Å². The van der Waals surface area contributed by atoms with Gasteiger partial charge in [0.2, 0.25) is 0 Å². The van der Waals surface area contributed by atoms with E-state index < -0.39 is 0 Å². The zero-order valence-electron chi connectivity index (χ0n) is 13.3. The Labute approximate surface area is 146 Å². The molecule has 2 aliphatic rings. The number of carbonyl (C=O) groups excluding carboxylic acids is 1. The van der Waals surface area contributed by atoms with Crippen molar-refractivity contribution in [2.45, 2.75) is 6.42 Å². The second kappa shape index (κ2) is 6.29. The number of hydrogen-bond donors (Lipinski definition) is 0. The van der Waals surface area contributed by atoms with Crippen molar-refractivity contribution < 1.29 is 4.79 Å². The highest BCUT2D eigenvalue weighted by Gasteiger charge is 2.24. The number of rotatable bonds is 2. The molecule has 0 aliphatic carbocycles. The molecule has 2 aromatic carbocycles. The van der Waals surface area contributed by atoms with Crippen LogP contribution >= 0.6 is 11.6 Å². The summed E-state index contributed by atoms with van der Waals surface area (Å²) in [7, 11) is 0. The summed E-state index contributed by atoms with van der Waals surface area (Å²) in [4.78, 5) is 21.3. The smallest absolute Gasteiger partial charge is 0.253 e. The van der Waals surface area contributed by atoms with Crippen LogP contribution in [0, 0.1) is 0 Å². The molecule has 4 nitrogen and oxygen atoms in total. The highest BCUT2D eigenvalue weighted by Crippen LogP contribution is 2.33. The van der Waals surface area contributed by atoms with E-state index in [2.05, 4.69) is 28.1 Å². The molecule has 122 valence electrons. The molecule has 0 saturated carbocycles. The van der Waals surface area contributed by atoms with E-state index in [1.807, 2.05) is 11.1 Å². The molecule has 0 bridgehead atoms. The van der Waals surface area contributed by atoms with Crippen LogP contribution in [0.15, 0.2) is 47.5 Å². The minimum absolute atomic E-state index is 0.0768. The summed E-state index contributed by atoms with van der Waals surface area (Å²) in [5.41, 5.74) is 4.33. The van der Waals surface area contributed by atoms with Crippen LogP contribution in [0.2, 0.25) is 5.02 Å². The van der Waals surface area contributed by atoms with E-state index in [4.69, 9.17) is 11.6 Å². The number of nitrogens with zero attached hydrogens (tertiary/aromatic N) is 3. The summed E-state index contributed by atoms with van der Waals surface area (Å²) in [6, 6.07) is 13.4. The van der Waals surface area contributed by atoms with Crippen LogP contribution < -0.4 is 4.90 Å². The molecular formula is C19H18ClN3O. The molecule has 0 unspecified atom stereocenters. The number of amides is 1. The molecular weight excluding hydrogens is 322 g/mol. The lowest BCUT2D eigenvalue weighted by Gasteiger charge is -2.37. The van der Waals surface area contributed by atoms with Crippen molar-refractivity contribution in [1.29, 1.82) is 0 Å². The Morgan fingerprint density at radius 2 is 1.75 bits per heavy atom. The summed E-state index contributed by atoms with van der Waals surface area (Å²) >= 11 is 5.89. The van der Waals surface area contributed by atoms with Gasteiger partial charge in [0.15, 0.2) is 0 Å². The molecule has 0 spiro atoms. The second-order valence-corrected chi connectivity index (χ2v) is 6.51. The van der Waals surface area contributed by atoms with Gasteiger partial charge in [0.25, 0.3) is 5.91 Å². The fourth-order valence-corrected chi connectivity index (χ4v) is 3.48. The van der Waals surface area contributed by atoms with Gasteiger partial charge in [-0.3, -0.25) is 9.79 Å². The third-order valence-electron chi connectivity index (χ3n) is 4.65. The highest BCUT2D eigenvalue weighted by molar-refractivity contribution is 6.30. The maximum atomic E-state index is 12.6. The standard InChI is InChI=1S/C19H18ClN3O/c20-15-6-4-14(5-7-15)19(24)23-12-10-22(11-13-23)18-3-1-2-17-16(18)8-9-21-17/h1-7,9H,8,10-13H2. The molecule has 24 heavy (non-hydrogen) atoms. The first-order valence-corrected chi connectivity index (χ1v) is 8.54. The van der Waals surface area contributed by atoms with Crippen LogP contribution in [0.5, 0.6) is 0 Å². The van der Waals surface area contributed by atoms with Crippen molar-refractivity contribution in [2.24, 2.45) is 4.99 Å². The SMILES string of the molecule is O=C(c1ccc(Cl)cc1)N1CCN(c2cccc3c2CC=N3)CC1. The van der Waals surface area contributed by atoms with E-state index in [9.17, 15) is 4.79 Å². The molecule has 0 atom stereocenters. The maximum absolute atomic E-state index is 12.6. The van der Waals surface area contributed by atoms with Gasteiger partial charge >= 0.3 is 0 Å². The lowest BCUT2D eigenvalue weighted by molar-refractivity contribution is 0.0747. The number of hydrogen-bond acceptors (Lipinski definition) is 3. The van der Waals surface area contributed by atoms with Gasteiger partial charge in [-0.15, -0.1) is 0 Å². The number of anilines is 1. The number of benzene rings is 2. The highest BCUT2D eigenvalue weighted by atomic mass is 35.5. The Kier molecular flexibility index (Phi) is 3.98. The minimum Gasteiger partial charge on any atom is -0.368 e. The average Bonchev–Trinajstić information content (AvgIpc) is 3.11. The number of halogens is 1. The largest absolute Gasteiger partial charge is 0.368 e. The zero-order chi connectivity index (χ0) is 16.5. The first kappa shape index (κ1) is 15.2. The van der Waals surface area contributed by atoms with Crippen LogP contribution in [0.3, 0.4) is 0 Å². The molecule has 2 aliphatic heterocycles. The van der Waals surface area contributed by atoms with Crippen LogP contribution in [-0.4, -0.2) is 43.2 Å². The van der Waals surface area contributed by atoms with Gasteiger partial charge in [-0.2, -0.15) is 0 Å². The predicted octanol–water partition coefficient (Wildman–Crippen LogP) is 3.56. The molecule has 0 aromatic heterocycles. The van der Waals surface area contributed by atoms with E-state index in [1.54, 1.807) is 24.3 Å². The average molecular weight is 340 g/mol. The molecule has 4 rings (SSSR count). The van der Waals surface area contributed by atoms with E-state index in [-0.39, 0.29) is 5.91 Å². The zero-order valence-corrected chi connectivity index (χ0v) is 14.0. The number of fused-ring (bicyclic) bond motifs is 1. The summed E-state index contributed by atoms with van der Waals surface area (Å²) < 4.78 is 0. The fourth-order valence-electron chi connectivity index (χ4n) is 3.35. The third-order valence-corrected chi connectivity index (χ3v) is 4.90. The number of carbonyl (C=O) groups is 1. The molecule has 1 amide bonds. The van der Waals surface area contributed by atoms with Crippen molar-refractivity contribution in [3.8, 4) is 0 Å². The first-order chi connectivity index (χ1) is 11.7. The van der Waals surface area contributed by atoms with Crippen LogP contribution in [0.25, 0.3) is 0 Å². The normalized spacial score (nSPS) is 16.4. The van der Waals surface area contributed by atoms with Gasteiger partial charge in [-0.1, -0.05) is 17.7 Å². The van der Waals surface area contributed by atoms with Gasteiger partial charge in [0.05, 0.1) is 5.69 Å². The molecule has 0 N–H and O–H groups in total. The summed E-state index contributed by atoms with van der Waals surface area (Å²) in [5, 5.41) is 0.650. The Morgan fingerprint density at radius 1 is 1.00 bits per heavy atom. The molecule has 0 radical (unpaired) electrons. The monoisotopic (exact) mass is 339 g/mol. The van der Waals surface area contributed by atoms with E-state index in [0.29, 0.717) is 10.6 Å².